The van der Waals surface area contributed by atoms with Gasteiger partial charge in [0.25, 0.3) is 0 Å². The molecular formula is C23H28N2O4S. The highest BCUT2D eigenvalue weighted by Crippen LogP contribution is 2.35. The molecule has 0 radical (unpaired) electrons. The highest BCUT2D eigenvalue weighted by molar-refractivity contribution is 7.90. The van der Waals surface area contributed by atoms with Crippen molar-refractivity contribution in [2.45, 2.75) is 24.4 Å². The van der Waals surface area contributed by atoms with E-state index in [1.165, 1.54) is 6.26 Å². The summed E-state index contributed by atoms with van der Waals surface area (Å²) in [6.07, 6.45) is 1.72. The van der Waals surface area contributed by atoms with E-state index in [0.717, 1.165) is 24.2 Å². The maximum absolute atomic E-state index is 12.8. The van der Waals surface area contributed by atoms with Crippen molar-refractivity contribution in [2.24, 2.45) is 5.41 Å². The first-order valence-corrected chi connectivity index (χ1v) is 12.1. The number of rotatable bonds is 5. The van der Waals surface area contributed by atoms with E-state index in [0.29, 0.717) is 44.2 Å². The third-order valence-corrected chi connectivity index (χ3v) is 7.03. The number of carbonyl (C=O) groups is 1. The number of nitrogens with zero attached hydrogens (tertiary/aromatic N) is 2. The molecule has 6 nitrogen and oxygen atoms in total. The Balaban J connectivity index is 1.44. The molecule has 1 spiro atoms. The van der Waals surface area contributed by atoms with Crippen molar-refractivity contribution >= 4 is 15.7 Å². The number of hydrogen-bond donors (Lipinski definition) is 0. The highest BCUT2D eigenvalue weighted by Gasteiger charge is 2.45. The zero-order valence-corrected chi connectivity index (χ0v) is 18.1. The lowest BCUT2D eigenvalue weighted by Gasteiger charge is -2.31. The van der Waals surface area contributed by atoms with Crippen molar-refractivity contribution in [1.82, 2.24) is 9.80 Å². The Labute approximate surface area is 178 Å². The summed E-state index contributed by atoms with van der Waals surface area (Å²) in [6.45, 7) is 4.85. The molecule has 2 saturated heterocycles. The fourth-order valence-electron chi connectivity index (χ4n) is 4.45. The van der Waals surface area contributed by atoms with Crippen LogP contribution in [0.3, 0.4) is 0 Å². The molecule has 2 aliphatic rings. The van der Waals surface area contributed by atoms with Crippen molar-refractivity contribution in [2.75, 3.05) is 39.1 Å². The lowest BCUT2D eigenvalue weighted by atomic mass is 9.87. The van der Waals surface area contributed by atoms with Gasteiger partial charge in [-0.15, -0.1) is 0 Å². The van der Waals surface area contributed by atoms with Crippen molar-refractivity contribution in [3.05, 3.63) is 65.7 Å². The lowest BCUT2D eigenvalue weighted by molar-refractivity contribution is -0.128. The smallest absolute Gasteiger partial charge is 0.223 e. The average Bonchev–Trinajstić information content (AvgIpc) is 2.87. The van der Waals surface area contributed by atoms with E-state index < -0.39 is 9.84 Å². The summed E-state index contributed by atoms with van der Waals surface area (Å²) in [6, 6.07) is 17.1. The van der Waals surface area contributed by atoms with Crippen LogP contribution in [0.2, 0.25) is 0 Å². The predicted octanol–water partition coefficient (Wildman–Crippen LogP) is 2.34. The van der Waals surface area contributed by atoms with Gasteiger partial charge in [0.15, 0.2) is 9.84 Å². The van der Waals surface area contributed by atoms with E-state index in [9.17, 15) is 13.2 Å². The molecule has 2 aromatic rings. The van der Waals surface area contributed by atoms with Crippen LogP contribution >= 0.6 is 0 Å². The largest absolute Gasteiger partial charge is 0.379 e. The summed E-state index contributed by atoms with van der Waals surface area (Å²) in [7, 11) is -3.19. The quantitative estimate of drug-likeness (QED) is 0.731. The van der Waals surface area contributed by atoms with Crippen molar-refractivity contribution in [3.8, 4) is 0 Å². The van der Waals surface area contributed by atoms with E-state index in [2.05, 4.69) is 4.90 Å². The molecule has 0 saturated carbocycles. The monoisotopic (exact) mass is 428 g/mol. The molecule has 0 aliphatic carbocycles. The first kappa shape index (κ1) is 21.0. The Bertz CT molecular complexity index is 992. The van der Waals surface area contributed by atoms with Crippen LogP contribution in [0.15, 0.2) is 59.5 Å². The van der Waals surface area contributed by atoms with E-state index in [-0.39, 0.29) is 11.3 Å². The molecule has 30 heavy (non-hydrogen) atoms. The summed E-state index contributed by atoms with van der Waals surface area (Å²) in [5.74, 6) is 0.182. The standard InChI is InChI=1S/C23H28N2O4S/c1-30(27,28)21-9-7-20(8-10-21)14-24-11-12-29-18-23(16-24)13-22(26)25(17-23)15-19-5-3-2-4-6-19/h2-10H,11-18H2,1H3/t23-/m1/s1. The minimum absolute atomic E-state index is 0.182. The van der Waals surface area contributed by atoms with Gasteiger partial charge in [-0.2, -0.15) is 0 Å². The minimum atomic E-state index is -3.19. The van der Waals surface area contributed by atoms with Gasteiger partial charge in [-0.3, -0.25) is 9.69 Å². The Morgan fingerprint density at radius 2 is 1.67 bits per heavy atom. The molecule has 0 N–H and O–H groups in total. The van der Waals surface area contributed by atoms with Crippen LogP contribution in [-0.2, 0) is 32.5 Å². The molecule has 2 aromatic carbocycles. The normalized spacial score (nSPS) is 23.1. The maximum Gasteiger partial charge on any atom is 0.223 e. The summed E-state index contributed by atoms with van der Waals surface area (Å²) in [5, 5.41) is 0. The van der Waals surface area contributed by atoms with E-state index >= 15 is 0 Å². The van der Waals surface area contributed by atoms with Gasteiger partial charge in [0.2, 0.25) is 5.91 Å². The number of benzene rings is 2. The number of amides is 1. The number of carbonyl (C=O) groups excluding carboxylic acids is 1. The second-order valence-electron chi connectivity index (χ2n) is 8.59. The third-order valence-electron chi connectivity index (χ3n) is 5.90. The van der Waals surface area contributed by atoms with Crippen LogP contribution in [0.4, 0.5) is 0 Å². The molecule has 1 atom stereocenters. The van der Waals surface area contributed by atoms with Crippen LogP contribution in [0.1, 0.15) is 17.5 Å². The van der Waals surface area contributed by atoms with Crippen molar-refractivity contribution < 1.29 is 17.9 Å². The maximum atomic E-state index is 12.8. The first-order chi connectivity index (χ1) is 14.3. The number of hydrogen-bond acceptors (Lipinski definition) is 5. The van der Waals surface area contributed by atoms with Crippen LogP contribution in [0.25, 0.3) is 0 Å². The van der Waals surface area contributed by atoms with Gasteiger partial charge in [0, 0.05) is 50.8 Å². The summed E-state index contributed by atoms with van der Waals surface area (Å²) in [5.41, 5.74) is 2.00. The molecule has 2 fully saturated rings. The Morgan fingerprint density at radius 1 is 0.967 bits per heavy atom. The Kier molecular flexibility index (Phi) is 5.95. The number of likely N-dealkylation sites (tertiary alicyclic amines) is 1. The molecule has 4 rings (SSSR count). The summed E-state index contributed by atoms with van der Waals surface area (Å²) >= 11 is 0. The Morgan fingerprint density at radius 3 is 2.37 bits per heavy atom. The van der Waals surface area contributed by atoms with Gasteiger partial charge in [0.05, 0.1) is 18.1 Å². The first-order valence-electron chi connectivity index (χ1n) is 10.2. The highest BCUT2D eigenvalue weighted by atomic mass is 32.2. The topological polar surface area (TPSA) is 66.9 Å². The molecule has 0 bridgehead atoms. The van der Waals surface area contributed by atoms with Crippen molar-refractivity contribution in [1.29, 1.82) is 0 Å². The summed E-state index contributed by atoms with van der Waals surface area (Å²) < 4.78 is 29.3. The second kappa shape index (κ2) is 8.49. The van der Waals surface area contributed by atoms with Crippen LogP contribution in [0.5, 0.6) is 0 Å². The average molecular weight is 429 g/mol. The number of ether oxygens (including phenoxy) is 1. The zero-order chi connectivity index (χ0) is 21.2. The predicted molar refractivity (Wildman–Crippen MR) is 115 cm³/mol. The molecule has 160 valence electrons. The summed E-state index contributed by atoms with van der Waals surface area (Å²) in [4.78, 5) is 17.4. The van der Waals surface area contributed by atoms with E-state index in [1.807, 2.05) is 47.4 Å². The molecule has 1 amide bonds. The van der Waals surface area contributed by atoms with E-state index in [1.54, 1.807) is 12.1 Å². The van der Waals surface area contributed by atoms with Crippen LogP contribution in [0, 0.1) is 5.41 Å². The SMILES string of the molecule is CS(=O)(=O)c1ccc(CN2CCOC[C@]3(CC(=O)N(Cc4ccccc4)C3)C2)cc1. The van der Waals surface area contributed by atoms with Gasteiger partial charge < -0.3 is 9.64 Å². The minimum Gasteiger partial charge on any atom is -0.379 e. The second-order valence-corrected chi connectivity index (χ2v) is 10.6. The van der Waals surface area contributed by atoms with Gasteiger partial charge in [0.1, 0.15) is 0 Å². The number of sulfone groups is 1. The Hall–Kier alpha value is -2.22. The molecule has 7 heteroatoms. The van der Waals surface area contributed by atoms with E-state index in [4.69, 9.17) is 4.74 Å². The van der Waals surface area contributed by atoms with Crippen LogP contribution < -0.4 is 0 Å². The van der Waals surface area contributed by atoms with Crippen LogP contribution in [-0.4, -0.2) is 63.2 Å². The van der Waals surface area contributed by atoms with Gasteiger partial charge in [-0.05, 0) is 23.3 Å². The van der Waals surface area contributed by atoms with Crippen molar-refractivity contribution in [3.63, 3.8) is 0 Å². The molecule has 2 heterocycles. The van der Waals surface area contributed by atoms with Gasteiger partial charge >= 0.3 is 0 Å². The molecule has 2 aliphatic heterocycles. The van der Waals surface area contributed by atoms with Gasteiger partial charge in [-0.1, -0.05) is 42.5 Å². The zero-order valence-electron chi connectivity index (χ0n) is 17.3. The third kappa shape index (κ3) is 4.91. The van der Waals surface area contributed by atoms with Gasteiger partial charge in [-0.25, -0.2) is 8.42 Å². The molecule has 0 aromatic heterocycles. The molecular weight excluding hydrogens is 400 g/mol. The fraction of sp³-hybridized carbons (Fsp3) is 0.435. The fourth-order valence-corrected chi connectivity index (χ4v) is 5.08. The lowest BCUT2D eigenvalue weighted by Crippen LogP contribution is -2.40. The molecule has 0 unspecified atom stereocenters.